The number of hydrogen-bond acceptors (Lipinski definition) is 3. The highest BCUT2D eigenvalue weighted by molar-refractivity contribution is 7.79. The average molecular weight is 244 g/mol. The van der Waals surface area contributed by atoms with Gasteiger partial charge in [0.15, 0.2) is 11.6 Å². The molecule has 0 unspecified atom stereocenters. The van der Waals surface area contributed by atoms with Gasteiger partial charge in [-0.1, -0.05) is 19.9 Å². The third kappa shape index (κ3) is 3.68. The van der Waals surface area contributed by atoms with Crippen molar-refractivity contribution in [1.82, 2.24) is 0 Å². The van der Waals surface area contributed by atoms with E-state index in [2.05, 4.69) is 12.6 Å². The fourth-order valence-corrected chi connectivity index (χ4v) is 1.27. The lowest BCUT2D eigenvalue weighted by Crippen LogP contribution is -2.25. The molecule has 0 fully saturated rings. The second-order valence-electron chi connectivity index (χ2n) is 4.53. The number of aliphatic hydroxyl groups excluding tert-OH is 1. The molecule has 0 spiro atoms. The lowest BCUT2D eigenvalue weighted by molar-refractivity contribution is 0.0953. The highest BCUT2D eigenvalue weighted by atomic mass is 32.1. The molecular formula is C12H17FO2S. The number of rotatable bonds is 5. The van der Waals surface area contributed by atoms with E-state index >= 15 is 0 Å². The number of halogens is 1. The van der Waals surface area contributed by atoms with E-state index < -0.39 is 0 Å². The standard InChI is InChI=1S/C12H17FO2S/c1-12(2,7-14)8-15-11-5-9(6-16)3-4-10(11)13/h3-5,14,16H,6-8H2,1-2H3. The first-order valence-electron chi connectivity index (χ1n) is 5.11. The first kappa shape index (κ1) is 13.3. The number of thiol groups is 1. The minimum Gasteiger partial charge on any atom is -0.490 e. The van der Waals surface area contributed by atoms with E-state index in [0.717, 1.165) is 5.56 Å². The van der Waals surface area contributed by atoms with Crippen LogP contribution in [0.5, 0.6) is 5.75 Å². The van der Waals surface area contributed by atoms with Gasteiger partial charge >= 0.3 is 0 Å². The summed E-state index contributed by atoms with van der Waals surface area (Å²) >= 11 is 4.12. The largest absolute Gasteiger partial charge is 0.490 e. The molecule has 0 aromatic heterocycles. The van der Waals surface area contributed by atoms with Gasteiger partial charge in [-0.05, 0) is 17.7 Å². The molecule has 0 saturated heterocycles. The number of ether oxygens (including phenoxy) is 1. The van der Waals surface area contributed by atoms with Crippen LogP contribution in [0.4, 0.5) is 4.39 Å². The molecule has 0 amide bonds. The molecule has 90 valence electrons. The summed E-state index contributed by atoms with van der Waals surface area (Å²) in [6.45, 7) is 3.98. The molecule has 0 bridgehead atoms. The topological polar surface area (TPSA) is 29.5 Å². The van der Waals surface area contributed by atoms with E-state index in [9.17, 15) is 4.39 Å². The Morgan fingerprint density at radius 3 is 2.69 bits per heavy atom. The van der Waals surface area contributed by atoms with Gasteiger partial charge in [0.05, 0.1) is 13.2 Å². The van der Waals surface area contributed by atoms with Crippen molar-refractivity contribution in [2.24, 2.45) is 5.41 Å². The van der Waals surface area contributed by atoms with E-state index in [1.807, 2.05) is 13.8 Å². The molecule has 0 heterocycles. The summed E-state index contributed by atoms with van der Waals surface area (Å²) in [5.41, 5.74) is 0.533. The summed E-state index contributed by atoms with van der Waals surface area (Å²) < 4.78 is 18.7. The Morgan fingerprint density at radius 1 is 1.44 bits per heavy atom. The molecule has 1 aromatic rings. The molecule has 4 heteroatoms. The molecule has 0 radical (unpaired) electrons. The monoisotopic (exact) mass is 244 g/mol. The Hall–Kier alpha value is -0.740. The smallest absolute Gasteiger partial charge is 0.165 e. The van der Waals surface area contributed by atoms with Crippen LogP contribution in [0.2, 0.25) is 0 Å². The third-order valence-corrected chi connectivity index (χ3v) is 2.59. The summed E-state index contributed by atoms with van der Waals surface area (Å²) in [6.07, 6.45) is 0. The first-order chi connectivity index (χ1) is 7.48. The van der Waals surface area contributed by atoms with Gasteiger partial charge < -0.3 is 9.84 Å². The van der Waals surface area contributed by atoms with Crippen LogP contribution >= 0.6 is 12.6 Å². The van der Waals surface area contributed by atoms with E-state index in [4.69, 9.17) is 9.84 Å². The van der Waals surface area contributed by atoms with Crippen molar-refractivity contribution >= 4 is 12.6 Å². The quantitative estimate of drug-likeness (QED) is 0.780. The Bertz CT molecular complexity index is 353. The maximum atomic E-state index is 13.4. The van der Waals surface area contributed by atoms with Gasteiger partial charge in [-0.25, -0.2) is 4.39 Å². The molecular weight excluding hydrogens is 227 g/mol. The Kier molecular flexibility index (Phi) is 4.62. The van der Waals surface area contributed by atoms with Crippen molar-refractivity contribution in [2.75, 3.05) is 13.2 Å². The van der Waals surface area contributed by atoms with Crippen LogP contribution in [0, 0.1) is 11.2 Å². The molecule has 0 atom stereocenters. The van der Waals surface area contributed by atoms with Crippen molar-refractivity contribution in [2.45, 2.75) is 19.6 Å². The predicted molar refractivity (Wildman–Crippen MR) is 65.5 cm³/mol. The van der Waals surface area contributed by atoms with Gasteiger partial charge in [-0.15, -0.1) is 0 Å². The van der Waals surface area contributed by atoms with Crippen LogP contribution in [-0.2, 0) is 5.75 Å². The zero-order valence-electron chi connectivity index (χ0n) is 9.53. The molecule has 1 aromatic carbocycles. The molecule has 1 N–H and O–H groups in total. The minimum atomic E-state index is -0.390. The molecule has 1 rings (SSSR count). The summed E-state index contributed by atoms with van der Waals surface area (Å²) in [7, 11) is 0. The van der Waals surface area contributed by atoms with Crippen LogP contribution in [0.3, 0.4) is 0 Å². The first-order valence-corrected chi connectivity index (χ1v) is 5.75. The van der Waals surface area contributed by atoms with Crippen molar-refractivity contribution < 1.29 is 14.2 Å². The molecule has 0 saturated carbocycles. The zero-order valence-corrected chi connectivity index (χ0v) is 10.4. The average Bonchev–Trinajstić information content (AvgIpc) is 2.28. The fraction of sp³-hybridized carbons (Fsp3) is 0.500. The van der Waals surface area contributed by atoms with Crippen molar-refractivity contribution in [3.8, 4) is 5.75 Å². The van der Waals surface area contributed by atoms with Gasteiger partial charge in [0.1, 0.15) is 0 Å². The Balaban J connectivity index is 2.73. The highest BCUT2D eigenvalue weighted by Crippen LogP contribution is 2.23. The van der Waals surface area contributed by atoms with E-state index in [1.165, 1.54) is 6.07 Å². The molecule has 16 heavy (non-hydrogen) atoms. The lowest BCUT2D eigenvalue weighted by atomic mass is 9.96. The van der Waals surface area contributed by atoms with Crippen LogP contribution in [-0.4, -0.2) is 18.3 Å². The SMILES string of the molecule is CC(C)(CO)COc1cc(CS)ccc1F. The van der Waals surface area contributed by atoms with E-state index in [1.54, 1.807) is 12.1 Å². The number of benzene rings is 1. The van der Waals surface area contributed by atoms with Gasteiger partial charge in [-0.2, -0.15) is 12.6 Å². The van der Waals surface area contributed by atoms with Crippen LogP contribution in [0.1, 0.15) is 19.4 Å². The number of aliphatic hydroxyl groups is 1. The fourth-order valence-electron chi connectivity index (χ4n) is 1.08. The minimum absolute atomic E-state index is 0.000871. The maximum Gasteiger partial charge on any atom is 0.165 e. The van der Waals surface area contributed by atoms with Gasteiger partial charge in [0.2, 0.25) is 0 Å². The molecule has 0 aliphatic rings. The van der Waals surface area contributed by atoms with E-state index in [-0.39, 0.29) is 30.2 Å². The Labute approximate surface area is 101 Å². The van der Waals surface area contributed by atoms with E-state index in [0.29, 0.717) is 5.75 Å². The summed E-state index contributed by atoms with van der Waals surface area (Å²) in [4.78, 5) is 0. The molecule has 0 aliphatic heterocycles. The normalized spacial score (nSPS) is 11.6. The zero-order chi connectivity index (χ0) is 12.2. The van der Waals surface area contributed by atoms with Crippen LogP contribution in [0.25, 0.3) is 0 Å². The van der Waals surface area contributed by atoms with Gasteiger partial charge in [-0.3, -0.25) is 0 Å². The number of hydrogen-bond donors (Lipinski definition) is 2. The van der Waals surface area contributed by atoms with Crippen molar-refractivity contribution in [1.29, 1.82) is 0 Å². The maximum absolute atomic E-state index is 13.4. The molecule has 2 nitrogen and oxygen atoms in total. The van der Waals surface area contributed by atoms with Gasteiger partial charge in [0, 0.05) is 11.2 Å². The lowest BCUT2D eigenvalue weighted by Gasteiger charge is -2.22. The summed E-state index contributed by atoms with van der Waals surface area (Å²) in [5.74, 6) is 0.368. The summed E-state index contributed by atoms with van der Waals surface area (Å²) in [5, 5.41) is 9.06. The van der Waals surface area contributed by atoms with Crippen LogP contribution in [0.15, 0.2) is 18.2 Å². The highest BCUT2D eigenvalue weighted by Gasteiger charge is 2.18. The predicted octanol–water partition coefficient (Wildman–Crippen LogP) is 2.65. The molecule has 0 aliphatic carbocycles. The third-order valence-electron chi connectivity index (χ3n) is 2.22. The second-order valence-corrected chi connectivity index (χ2v) is 4.85. The van der Waals surface area contributed by atoms with Crippen molar-refractivity contribution in [3.05, 3.63) is 29.6 Å². The van der Waals surface area contributed by atoms with Crippen LogP contribution < -0.4 is 4.74 Å². The second kappa shape index (κ2) is 5.55. The summed E-state index contributed by atoms with van der Waals surface area (Å²) in [6, 6.07) is 4.68. The van der Waals surface area contributed by atoms with Crippen molar-refractivity contribution in [3.63, 3.8) is 0 Å². The van der Waals surface area contributed by atoms with Gasteiger partial charge in [0.25, 0.3) is 0 Å². The Morgan fingerprint density at radius 2 is 2.12 bits per heavy atom.